The fourth-order valence-corrected chi connectivity index (χ4v) is 5.04. The molecule has 0 aliphatic carbocycles. The summed E-state index contributed by atoms with van der Waals surface area (Å²) in [6.45, 7) is 1.89. The van der Waals surface area contributed by atoms with E-state index in [9.17, 15) is 4.79 Å². The number of carbonyl (C=O) groups excluding carboxylic acids is 1. The smallest absolute Gasteiger partial charge is 0.174 e. The lowest BCUT2D eigenvalue weighted by Crippen LogP contribution is -2.46. The Morgan fingerprint density at radius 1 is 1.08 bits per heavy atom. The first kappa shape index (κ1) is 18.0. The van der Waals surface area contributed by atoms with Gasteiger partial charge in [-0.05, 0) is 62.8 Å². The highest BCUT2D eigenvalue weighted by Crippen LogP contribution is 2.49. The number of hydrogen-bond acceptors (Lipinski definition) is 3. The molecule has 2 aliphatic rings. The maximum absolute atomic E-state index is 13.5. The van der Waals surface area contributed by atoms with Crippen molar-refractivity contribution in [2.24, 2.45) is 0 Å². The molecule has 4 rings (SSSR count). The van der Waals surface area contributed by atoms with Crippen LogP contribution in [0.2, 0.25) is 5.02 Å². The summed E-state index contributed by atoms with van der Waals surface area (Å²) in [6.07, 6.45) is 1.73. The van der Waals surface area contributed by atoms with Gasteiger partial charge in [-0.3, -0.25) is 4.79 Å². The average Bonchev–Trinajstić information content (AvgIpc) is 2.66. The van der Waals surface area contributed by atoms with Gasteiger partial charge in [0.05, 0.1) is 5.41 Å². The van der Waals surface area contributed by atoms with Crippen LogP contribution in [0, 0.1) is 0 Å². The van der Waals surface area contributed by atoms with Crippen molar-refractivity contribution in [2.75, 3.05) is 20.1 Å². The van der Waals surface area contributed by atoms with Gasteiger partial charge in [-0.1, -0.05) is 41.6 Å². The van der Waals surface area contributed by atoms with E-state index in [2.05, 4.69) is 36.2 Å². The largest absolute Gasteiger partial charge is 0.306 e. The number of Topliss-reactive ketones (excluding diaryl/α,β-unsaturated/α-hetero) is 1. The summed E-state index contributed by atoms with van der Waals surface area (Å²) in [7, 11) is 2.12. The molecule has 2 aliphatic heterocycles. The third-order valence-corrected chi connectivity index (χ3v) is 6.47. The molecule has 2 heterocycles. The Hall–Kier alpha value is -0.810. The summed E-state index contributed by atoms with van der Waals surface area (Å²) in [5.74, 6) is 0.237. The summed E-state index contributed by atoms with van der Waals surface area (Å²) in [4.78, 5) is 18.1. The van der Waals surface area contributed by atoms with Crippen LogP contribution in [0.3, 0.4) is 0 Å². The van der Waals surface area contributed by atoms with Crippen LogP contribution in [0.15, 0.2) is 52.3 Å². The highest BCUT2D eigenvalue weighted by atomic mass is 79.9. The van der Waals surface area contributed by atoms with Crippen molar-refractivity contribution in [3.05, 3.63) is 58.6 Å². The molecule has 0 bridgehead atoms. The molecular weight excluding hydrogens is 406 g/mol. The van der Waals surface area contributed by atoms with Gasteiger partial charge in [-0.2, -0.15) is 0 Å². The van der Waals surface area contributed by atoms with Crippen molar-refractivity contribution in [3.63, 3.8) is 0 Å². The van der Waals surface area contributed by atoms with E-state index < -0.39 is 5.41 Å². The quantitative estimate of drug-likeness (QED) is 0.577. The highest BCUT2D eigenvalue weighted by molar-refractivity contribution is 8.93. The number of benzene rings is 2. The Kier molecular flexibility index (Phi) is 5.12. The zero-order valence-electron chi connectivity index (χ0n) is 13.4. The van der Waals surface area contributed by atoms with Crippen LogP contribution in [-0.4, -0.2) is 30.8 Å². The minimum atomic E-state index is -0.411. The van der Waals surface area contributed by atoms with Crippen molar-refractivity contribution >= 4 is 46.1 Å². The zero-order valence-corrected chi connectivity index (χ0v) is 16.7. The van der Waals surface area contributed by atoms with Crippen molar-refractivity contribution < 1.29 is 4.79 Å². The van der Waals surface area contributed by atoms with Gasteiger partial charge in [-0.25, -0.2) is 0 Å². The molecular formula is C19H19BrClNOS. The molecule has 2 aromatic rings. The summed E-state index contributed by atoms with van der Waals surface area (Å²) in [6, 6.07) is 14.1. The van der Waals surface area contributed by atoms with Gasteiger partial charge in [-0.15, -0.1) is 17.0 Å². The molecule has 1 spiro atoms. The summed E-state index contributed by atoms with van der Waals surface area (Å²) in [5.41, 5.74) is 1.56. The highest BCUT2D eigenvalue weighted by Gasteiger charge is 2.46. The van der Waals surface area contributed by atoms with Crippen LogP contribution in [0.4, 0.5) is 0 Å². The molecule has 24 heavy (non-hydrogen) atoms. The minimum Gasteiger partial charge on any atom is -0.306 e. The second-order valence-corrected chi connectivity index (χ2v) is 7.97. The van der Waals surface area contributed by atoms with Crippen molar-refractivity contribution in [1.82, 2.24) is 4.90 Å². The molecule has 1 saturated heterocycles. The van der Waals surface area contributed by atoms with Crippen LogP contribution in [0.25, 0.3) is 0 Å². The van der Waals surface area contributed by atoms with E-state index >= 15 is 0 Å². The summed E-state index contributed by atoms with van der Waals surface area (Å²) < 4.78 is 0. The van der Waals surface area contributed by atoms with E-state index in [4.69, 9.17) is 11.6 Å². The molecule has 0 radical (unpaired) electrons. The standard InChI is InChI=1S/C19H18ClNOS.BrH/c1-21-10-8-19(9-11-21)15-4-2-3-5-17(15)23-16-7-6-13(20)12-14(16)18(19)22;/h2-7,12H,8-11H2,1H3;1H. The van der Waals surface area contributed by atoms with Gasteiger partial charge in [0.2, 0.25) is 0 Å². The number of piperidine rings is 1. The van der Waals surface area contributed by atoms with Crippen LogP contribution < -0.4 is 0 Å². The Morgan fingerprint density at radius 3 is 2.54 bits per heavy atom. The SMILES string of the molecule is Br.CN1CCC2(CC1)C(=O)c1cc(Cl)ccc1Sc1ccccc12. The van der Waals surface area contributed by atoms with Gasteiger partial charge in [0, 0.05) is 20.4 Å². The second kappa shape index (κ2) is 6.83. The molecule has 2 nitrogen and oxygen atoms in total. The first-order valence-corrected chi connectivity index (χ1v) is 9.10. The average molecular weight is 425 g/mol. The lowest BCUT2D eigenvalue weighted by atomic mass is 9.68. The maximum atomic E-state index is 13.5. The number of nitrogens with zero attached hydrogens (tertiary/aromatic N) is 1. The molecule has 0 aromatic heterocycles. The first-order valence-electron chi connectivity index (χ1n) is 7.90. The molecule has 1 fully saturated rings. The maximum Gasteiger partial charge on any atom is 0.174 e. The van der Waals surface area contributed by atoms with E-state index in [0.29, 0.717) is 5.02 Å². The molecule has 0 unspecified atom stereocenters. The number of halogens is 2. The lowest BCUT2D eigenvalue weighted by Gasteiger charge is -2.40. The van der Waals surface area contributed by atoms with Gasteiger partial charge >= 0.3 is 0 Å². The van der Waals surface area contributed by atoms with Crippen LogP contribution in [0.5, 0.6) is 0 Å². The van der Waals surface area contributed by atoms with E-state index in [-0.39, 0.29) is 22.8 Å². The number of rotatable bonds is 0. The fourth-order valence-electron chi connectivity index (χ4n) is 3.71. The lowest BCUT2D eigenvalue weighted by molar-refractivity contribution is 0.0788. The Balaban J connectivity index is 0.00000169. The third kappa shape index (κ3) is 2.84. The monoisotopic (exact) mass is 423 g/mol. The number of carbonyl (C=O) groups is 1. The summed E-state index contributed by atoms with van der Waals surface area (Å²) >= 11 is 7.88. The Bertz CT molecular complexity index is 787. The number of fused-ring (bicyclic) bond motifs is 3. The zero-order chi connectivity index (χ0) is 16.0. The fraction of sp³-hybridized carbons (Fsp3) is 0.316. The molecule has 0 N–H and O–H groups in total. The van der Waals surface area contributed by atoms with Gasteiger partial charge in [0.25, 0.3) is 0 Å². The minimum absolute atomic E-state index is 0. The number of likely N-dealkylation sites (tertiary alicyclic amines) is 1. The number of ketones is 1. The topological polar surface area (TPSA) is 20.3 Å². The molecule has 126 valence electrons. The van der Waals surface area contributed by atoms with Crippen molar-refractivity contribution in [1.29, 1.82) is 0 Å². The Labute approximate surface area is 162 Å². The third-order valence-electron chi connectivity index (χ3n) is 5.08. The van der Waals surface area contributed by atoms with Gasteiger partial charge in [0.15, 0.2) is 5.78 Å². The summed E-state index contributed by atoms with van der Waals surface area (Å²) in [5, 5.41) is 0.631. The van der Waals surface area contributed by atoms with Crippen LogP contribution in [0.1, 0.15) is 28.8 Å². The van der Waals surface area contributed by atoms with Crippen LogP contribution in [-0.2, 0) is 5.41 Å². The first-order chi connectivity index (χ1) is 11.1. The molecule has 5 heteroatoms. The van der Waals surface area contributed by atoms with Gasteiger partial charge < -0.3 is 4.90 Å². The predicted molar refractivity (Wildman–Crippen MR) is 105 cm³/mol. The van der Waals surface area contributed by atoms with Crippen LogP contribution >= 0.6 is 40.3 Å². The van der Waals surface area contributed by atoms with E-state index in [1.807, 2.05) is 18.2 Å². The van der Waals surface area contributed by atoms with Crippen molar-refractivity contribution in [2.45, 2.75) is 28.0 Å². The second-order valence-electron chi connectivity index (χ2n) is 6.45. The Morgan fingerprint density at radius 2 is 1.79 bits per heavy atom. The van der Waals surface area contributed by atoms with E-state index in [1.165, 1.54) is 10.5 Å². The number of hydrogen-bond donors (Lipinski definition) is 0. The molecule has 0 saturated carbocycles. The van der Waals surface area contributed by atoms with Gasteiger partial charge in [0.1, 0.15) is 0 Å². The predicted octanol–water partition coefficient (Wildman–Crippen LogP) is 5.23. The van der Waals surface area contributed by atoms with E-state index in [0.717, 1.165) is 36.4 Å². The molecule has 0 amide bonds. The molecule has 0 atom stereocenters. The van der Waals surface area contributed by atoms with E-state index in [1.54, 1.807) is 11.8 Å². The normalized spacial score (nSPS) is 19.2. The molecule has 2 aromatic carbocycles. The van der Waals surface area contributed by atoms with Crippen molar-refractivity contribution in [3.8, 4) is 0 Å².